The van der Waals surface area contributed by atoms with E-state index in [-0.39, 0.29) is 0 Å². The molecule has 2 unspecified atom stereocenters. The van der Waals surface area contributed by atoms with E-state index in [1.807, 2.05) is 13.8 Å². The molecule has 2 nitrogen and oxygen atoms in total. The van der Waals surface area contributed by atoms with Crippen molar-refractivity contribution in [3.05, 3.63) is 83.9 Å². The third kappa shape index (κ3) is 6.35. The van der Waals surface area contributed by atoms with Crippen molar-refractivity contribution in [1.29, 1.82) is 0 Å². The third-order valence-electron chi connectivity index (χ3n) is 7.21. The third-order valence-corrected chi connectivity index (χ3v) is 7.21. The predicted octanol–water partition coefficient (Wildman–Crippen LogP) is 8.43. The zero-order chi connectivity index (χ0) is 23.8. The Morgan fingerprint density at radius 3 is 2.12 bits per heavy atom. The summed E-state index contributed by atoms with van der Waals surface area (Å²) >= 11 is 0. The van der Waals surface area contributed by atoms with Gasteiger partial charge in [-0.15, -0.1) is 0 Å². The molecule has 3 aromatic carbocycles. The SMILES string of the molecule is CCC(C)Cc1ccc(-c2cc(CCCC(C)(CC)C(=O)O)ccc2-c2ccccc2)cc1. The van der Waals surface area contributed by atoms with Crippen LogP contribution in [-0.4, -0.2) is 11.1 Å². The number of carboxylic acid groups (broad SMARTS) is 1. The Labute approximate surface area is 199 Å². The lowest BCUT2D eigenvalue weighted by Gasteiger charge is -2.22. The second-order valence-corrected chi connectivity index (χ2v) is 9.73. The lowest BCUT2D eigenvalue weighted by Crippen LogP contribution is -2.26. The second-order valence-electron chi connectivity index (χ2n) is 9.73. The van der Waals surface area contributed by atoms with Crippen molar-refractivity contribution in [3.8, 4) is 22.3 Å². The zero-order valence-electron chi connectivity index (χ0n) is 20.6. The van der Waals surface area contributed by atoms with E-state index in [1.165, 1.54) is 39.8 Å². The molecule has 0 radical (unpaired) electrons. The quantitative estimate of drug-likeness (QED) is 0.323. The number of aliphatic carboxylic acids is 1. The number of carbonyl (C=O) groups is 1. The summed E-state index contributed by atoms with van der Waals surface area (Å²) < 4.78 is 0. The van der Waals surface area contributed by atoms with Crippen LogP contribution in [-0.2, 0) is 17.6 Å². The zero-order valence-corrected chi connectivity index (χ0v) is 20.6. The molecule has 0 bridgehead atoms. The Hall–Kier alpha value is -2.87. The fourth-order valence-corrected chi connectivity index (χ4v) is 4.34. The van der Waals surface area contributed by atoms with Crippen LogP contribution in [0.1, 0.15) is 64.5 Å². The van der Waals surface area contributed by atoms with E-state index in [0.717, 1.165) is 19.3 Å². The minimum atomic E-state index is -0.692. The average Bonchev–Trinajstić information content (AvgIpc) is 2.84. The first-order valence-corrected chi connectivity index (χ1v) is 12.4. The number of rotatable bonds is 11. The number of carboxylic acids is 1. The molecular formula is C31H38O2. The van der Waals surface area contributed by atoms with Crippen LogP contribution in [0.25, 0.3) is 22.3 Å². The molecule has 33 heavy (non-hydrogen) atoms. The standard InChI is InChI=1S/C31H38O2/c1-5-23(3)21-25-14-17-27(18-15-25)29-22-24(11-10-20-31(4,6-2)30(32)33)16-19-28(29)26-12-8-7-9-13-26/h7-9,12-19,22-23H,5-6,10-11,20-21H2,1-4H3,(H,32,33). The van der Waals surface area contributed by atoms with Gasteiger partial charge in [0.2, 0.25) is 0 Å². The molecule has 174 valence electrons. The van der Waals surface area contributed by atoms with Crippen LogP contribution < -0.4 is 0 Å². The molecule has 0 heterocycles. The Balaban J connectivity index is 1.88. The van der Waals surface area contributed by atoms with Gasteiger partial charge in [0.25, 0.3) is 0 Å². The molecule has 0 fully saturated rings. The molecule has 3 aromatic rings. The first-order valence-electron chi connectivity index (χ1n) is 12.4. The van der Waals surface area contributed by atoms with Crippen LogP contribution in [0.3, 0.4) is 0 Å². The van der Waals surface area contributed by atoms with Crippen molar-refractivity contribution in [2.75, 3.05) is 0 Å². The molecule has 0 aliphatic carbocycles. The van der Waals surface area contributed by atoms with Gasteiger partial charge in [-0.25, -0.2) is 0 Å². The fourth-order valence-electron chi connectivity index (χ4n) is 4.34. The molecule has 2 atom stereocenters. The maximum Gasteiger partial charge on any atom is 0.309 e. The van der Waals surface area contributed by atoms with Crippen LogP contribution in [0.15, 0.2) is 72.8 Å². The van der Waals surface area contributed by atoms with Gasteiger partial charge in [-0.05, 0) is 78.3 Å². The van der Waals surface area contributed by atoms with E-state index in [9.17, 15) is 9.90 Å². The van der Waals surface area contributed by atoms with Crippen LogP contribution in [0.2, 0.25) is 0 Å². The summed E-state index contributed by atoms with van der Waals surface area (Å²) in [7, 11) is 0. The monoisotopic (exact) mass is 442 g/mol. The summed E-state index contributed by atoms with van der Waals surface area (Å²) in [5.41, 5.74) is 6.93. The van der Waals surface area contributed by atoms with Gasteiger partial charge < -0.3 is 5.11 Å². The van der Waals surface area contributed by atoms with Crippen molar-refractivity contribution < 1.29 is 9.90 Å². The van der Waals surface area contributed by atoms with Crippen LogP contribution in [0.5, 0.6) is 0 Å². The maximum atomic E-state index is 11.6. The second kappa shape index (κ2) is 11.3. The molecular weight excluding hydrogens is 404 g/mol. The molecule has 0 saturated heterocycles. The summed E-state index contributed by atoms with van der Waals surface area (Å²) in [6.07, 6.45) is 5.41. The molecule has 0 aliphatic rings. The Morgan fingerprint density at radius 1 is 0.879 bits per heavy atom. The van der Waals surface area contributed by atoms with Crippen LogP contribution >= 0.6 is 0 Å². The van der Waals surface area contributed by atoms with Gasteiger partial charge >= 0.3 is 5.97 Å². The van der Waals surface area contributed by atoms with Gasteiger partial charge in [-0.3, -0.25) is 4.79 Å². The lowest BCUT2D eigenvalue weighted by molar-refractivity contribution is -0.148. The molecule has 3 rings (SSSR count). The maximum absolute atomic E-state index is 11.6. The Bertz CT molecular complexity index is 1040. The smallest absolute Gasteiger partial charge is 0.309 e. The molecule has 2 heteroatoms. The molecule has 0 aromatic heterocycles. The highest BCUT2D eigenvalue weighted by molar-refractivity contribution is 5.84. The van der Waals surface area contributed by atoms with Crippen molar-refractivity contribution in [2.45, 2.75) is 66.2 Å². The number of hydrogen-bond donors (Lipinski definition) is 1. The molecule has 1 N–H and O–H groups in total. The van der Waals surface area contributed by atoms with Gasteiger partial charge in [0.15, 0.2) is 0 Å². The minimum absolute atomic E-state index is 0.641. The first-order chi connectivity index (χ1) is 15.9. The van der Waals surface area contributed by atoms with E-state index < -0.39 is 11.4 Å². The van der Waals surface area contributed by atoms with Gasteiger partial charge in [0.05, 0.1) is 5.41 Å². The number of aryl methyl sites for hydroxylation is 1. The summed E-state index contributed by atoms with van der Waals surface area (Å²) in [6.45, 7) is 8.38. The first kappa shape index (κ1) is 24.8. The van der Waals surface area contributed by atoms with Crippen molar-refractivity contribution in [2.24, 2.45) is 11.3 Å². The van der Waals surface area contributed by atoms with Gasteiger partial charge in [0, 0.05) is 0 Å². The summed E-state index contributed by atoms with van der Waals surface area (Å²) in [4.78, 5) is 11.6. The summed E-state index contributed by atoms with van der Waals surface area (Å²) in [5.74, 6) is 0.00117. The van der Waals surface area contributed by atoms with E-state index in [4.69, 9.17) is 0 Å². The topological polar surface area (TPSA) is 37.3 Å². The van der Waals surface area contributed by atoms with Crippen molar-refractivity contribution >= 4 is 5.97 Å². The van der Waals surface area contributed by atoms with Gasteiger partial charge in [-0.2, -0.15) is 0 Å². The highest BCUT2D eigenvalue weighted by Gasteiger charge is 2.30. The Kier molecular flexibility index (Phi) is 8.49. The minimum Gasteiger partial charge on any atom is -0.481 e. The molecule has 0 spiro atoms. The van der Waals surface area contributed by atoms with Crippen molar-refractivity contribution in [1.82, 2.24) is 0 Å². The average molecular weight is 443 g/mol. The molecule has 0 aliphatic heterocycles. The Morgan fingerprint density at radius 2 is 1.52 bits per heavy atom. The van der Waals surface area contributed by atoms with Crippen LogP contribution in [0.4, 0.5) is 0 Å². The predicted molar refractivity (Wildman–Crippen MR) is 139 cm³/mol. The van der Waals surface area contributed by atoms with Crippen LogP contribution in [0, 0.1) is 11.3 Å². The van der Waals surface area contributed by atoms with Gasteiger partial charge in [0.1, 0.15) is 0 Å². The van der Waals surface area contributed by atoms with E-state index in [2.05, 4.69) is 86.6 Å². The number of benzene rings is 3. The van der Waals surface area contributed by atoms with Gasteiger partial charge in [-0.1, -0.05) is 100.0 Å². The van der Waals surface area contributed by atoms with E-state index in [0.29, 0.717) is 18.8 Å². The fraction of sp³-hybridized carbons (Fsp3) is 0.387. The summed E-state index contributed by atoms with van der Waals surface area (Å²) in [6, 6.07) is 26.3. The molecule has 0 amide bonds. The van der Waals surface area contributed by atoms with Crippen molar-refractivity contribution in [3.63, 3.8) is 0 Å². The normalized spacial score (nSPS) is 13.9. The van der Waals surface area contributed by atoms with E-state index in [1.54, 1.807) is 0 Å². The van der Waals surface area contributed by atoms with E-state index >= 15 is 0 Å². The molecule has 0 saturated carbocycles. The largest absolute Gasteiger partial charge is 0.481 e. The summed E-state index contributed by atoms with van der Waals surface area (Å²) in [5, 5.41) is 9.58. The number of hydrogen-bond acceptors (Lipinski definition) is 1. The highest BCUT2D eigenvalue weighted by Crippen LogP contribution is 2.34. The lowest BCUT2D eigenvalue weighted by atomic mass is 9.82. The highest BCUT2D eigenvalue weighted by atomic mass is 16.4.